The lowest BCUT2D eigenvalue weighted by atomic mass is 10.3. The van der Waals surface area contributed by atoms with E-state index in [1.54, 1.807) is 0 Å². The van der Waals surface area contributed by atoms with Crippen molar-refractivity contribution in [2.24, 2.45) is 0 Å². The summed E-state index contributed by atoms with van der Waals surface area (Å²) in [6.45, 7) is 0. The van der Waals surface area contributed by atoms with Crippen LogP contribution >= 0.6 is 55.1 Å². The van der Waals surface area contributed by atoms with Crippen molar-refractivity contribution < 1.29 is 25.2 Å². The van der Waals surface area contributed by atoms with Gasteiger partial charge in [-0.3, -0.25) is 0 Å². The van der Waals surface area contributed by atoms with E-state index in [0.717, 1.165) is 12.4 Å². The van der Waals surface area contributed by atoms with Crippen LogP contribution in [0, 0.1) is 0 Å². The van der Waals surface area contributed by atoms with Crippen molar-refractivity contribution >= 4 is 75.3 Å². The van der Waals surface area contributed by atoms with E-state index in [0.29, 0.717) is 0 Å². The normalized spacial score (nSPS) is 11.9. The van der Waals surface area contributed by atoms with Gasteiger partial charge in [-0.05, 0) is 68.3 Å². The predicted molar refractivity (Wildman–Crippen MR) is 116 cm³/mol. The van der Waals surface area contributed by atoms with Gasteiger partial charge in [0.1, 0.15) is 31.6 Å². The van der Waals surface area contributed by atoms with Crippen LogP contribution in [0.2, 0.25) is 10.3 Å². The summed E-state index contributed by atoms with van der Waals surface area (Å²) < 4.78 is 60.0. The van der Waals surface area contributed by atoms with Crippen LogP contribution in [-0.2, 0) is 20.2 Å². The summed E-state index contributed by atoms with van der Waals surface area (Å²) in [6.07, 6.45) is 2.09. The zero-order chi connectivity index (χ0) is 22.1. The first-order chi connectivity index (χ1) is 14.0. The highest BCUT2D eigenvalue weighted by Crippen LogP contribution is 2.28. The zero-order valence-electron chi connectivity index (χ0n) is 14.3. The molecule has 2 heterocycles. The molecule has 8 nitrogen and oxygen atoms in total. The lowest BCUT2D eigenvalue weighted by Crippen LogP contribution is -2.11. The molecular formula is C16H8Br2Cl2N2O6S2. The van der Waals surface area contributed by atoms with Crippen molar-refractivity contribution in [2.75, 3.05) is 0 Å². The molecule has 0 atom stereocenters. The zero-order valence-corrected chi connectivity index (χ0v) is 20.6. The summed E-state index contributed by atoms with van der Waals surface area (Å²) in [7, 11) is -8.38. The Bertz CT molecular complexity index is 1220. The summed E-state index contributed by atoms with van der Waals surface area (Å²) in [5.74, 6) is -0.136. The Balaban J connectivity index is 1.77. The average Bonchev–Trinajstić information content (AvgIpc) is 2.67. The van der Waals surface area contributed by atoms with Crippen molar-refractivity contribution in [3.05, 3.63) is 68.0 Å². The first-order valence-corrected chi connectivity index (χ1v) is 12.7. The highest BCUT2D eigenvalue weighted by atomic mass is 79.9. The number of hydrogen-bond donors (Lipinski definition) is 0. The monoisotopic (exact) mass is 616 g/mol. The third kappa shape index (κ3) is 5.42. The highest BCUT2D eigenvalue weighted by molar-refractivity contribution is 9.10. The molecule has 0 bridgehead atoms. The lowest BCUT2D eigenvalue weighted by molar-refractivity contribution is 0.477. The molecule has 14 heteroatoms. The van der Waals surface area contributed by atoms with Gasteiger partial charge in [-0.25, -0.2) is 9.97 Å². The molecule has 0 N–H and O–H groups in total. The number of benzene rings is 1. The van der Waals surface area contributed by atoms with Crippen LogP contribution in [0.25, 0.3) is 0 Å². The Kier molecular flexibility index (Phi) is 6.94. The molecule has 158 valence electrons. The van der Waals surface area contributed by atoms with E-state index in [9.17, 15) is 16.8 Å². The van der Waals surface area contributed by atoms with Gasteiger partial charge in [0.2, 0.25) is 0 Å². The maximum atomic E-state index is 12.3. The maximum Gasteiger partial charge on any atom is 0.340 e. The second-order valence-corrected chi connectivity index (χ2v) is 11.0. The summed E-state index contributed by atoms with van der Waals surface area (Å²) in [5.41, 5.74) is 0. The molecule has 3 rings (SSSR count). The van der Waals surface area contributed by atoms with E-state index >= 15 is 0 Å². The summed E-state index contributed by atoms with van der Waals surface area (Å²) in [6, 6.07) is 7.42. The molecule has 0 saturated carbocycles. The van der Waals surface area contributed by atoms with Gasteiger partial charge in [-0.15, -0.1) is 0 Å². The Hall–Kier alpha value is -1.44. The second-order valence-electron chi connectivity index (χ2n) is 5.43. The Morgan fingerprint density at radius 2 is 1.03 bits per heavy atom. The summed E-state index contributed by atoms with van der Waals surface area (Å²) in [4.78, 5) is 7.03. The number of aromatic nitrogens is 2. The van der Waals surface area contributed by atoms with E-state index in [2.05, 4.69) is 41.8 Å². The molecule has 0 aliphatic carbocycles. The second kappa shape index (κ2) is 8.97. The molecule has 0 aliphatic heterocycles. The van der Waals surface area contributed by atoms with Crippen LogP contribution in [-0.4, -0.2) is 26.8 Å². The Morgan fingerprint density at radius 3 is 1.33 bits per heavy atom. The SMILES string of the molecule is O=S(=O)(Oc1ccc(OS(=O)(=O)c2cnc(Cl)c(Br)c2)cc1)c1cnc(Cl)c(Br)c1. The predicted octanol–water partition coefficient (Wildman–Crippen LogP) is 4.84. The van der Waals surface area contributed by atoms with Crippen LogP contribution in [0.15, 0.2) is 67.5 Å². The van der Waals surface area contributed by atoms with Crippen LogP contribution < -0.4 is 8.37 Å². The van der Waals surface area contributed by atoms with Crippen molar-refractivity contribution in [1.29, 1.82) is 0 Å². The van der Waals surface area contributed by atoms with E-state index in [-0.39, 0.29) is 40.5 Å². The number of hydrogen-bond acceptors (Lipinski definition) is 8. The highest BCUT2D eigenvalue weighted by Gasteiger charge is 2.21. The third-order valence-electron chi connectivity index (χ3n) is 3.36. The van der Waals surface area contributed by atoms with E-state index < -0.39 is 20.2 Å². The van der Waals surface area contributed by atoms with Crippen molar-refractivity contribution in [3.63, 3.8) is 0 Å². The summed E-state index contributed by atoms with van der Waals surface area (Å²) >= 11 is 17.7. The maximum absolute atomic E-state index is 12.3. The van der Waals surface area contributed by atoms with Crippen molar-refractivity contribution in [1.82, 2.24) is 9.97 Å². The topological polar surface area (TPSA) is 113 Å². The fraction of sp³-hybridized carbons (Fsp3) is 0. The minimum Gasteiger partial charge on any atom is -0.379 e. The quantitative estimate of drug-likeness (QED) is 0.285. The Morgan fingerprint density at radius 1 is 0.700 bits per heavy atom. The molecule has 0 fully saturated rings. The molecule has 3 aromatic rings. The number of halogens is 4. The van der Waals surface area contributed by atoms with Gasteiger partial charge >= 0.3 is 20.2 Å². The van der Waals surface area contributed by atoms with Crippen LogP contribution in [0.4, 0.5) is 0 Å². The molecule has 0 amide bonds. The average molecular weight is 619 g/mol. The molecule has 2 aromatic heterocycles. The minimum atomic E-state index is -4.19. The van der Waals surface area contributed by atoms with Crippen molar-refractivity contribution in [3.8, 4) is 11.5 Å². The van der Waals surface area contributed by atoms with E-state index in [1.807, 2.05) is 0 Å². The minimum absolute atomic E-state index is 0.0678. The lowest BCUT2D eigenvalue weighted by Gasteiger charge is -2.10. The molecule has 0 aliphatic rings. The van der Waals surface area contributed by atoms with Crippen LogP contribution in [0.5, 0.6) is 11.5 Å². The fourth-order valence-corrected chi connectivity index (χ4v) is 5.00. The van der Waals surface area contributed by atoms with Gasteiger partial charge in [0.05, 0.1) is 21.3 Å². The fourth-order valence-electron chi connectivity index (χ4n) is 1.98. The smallest absolute Gasteiger partial charge is 0.340 e. The van der Waals surface area contributed by atoms with Crippen LogP contribution in [0.3, 0.4) is 0 Å². The van der Waals surface area contributed by atoms with E-state index in [4.69, 9.17) is 31.6 Å². The first-order valence-electron chi connectivity index (χ1n) is 7.59. The van der Waals surface area contributed by atoms with Crippen molar-refractivity contribution in [2.45, 2.75) is 9.79 Å². The molecule has 0 unspecified atom stereocenters. The number of nitrogens with zero attached hydrogens (tertiary/aromatic N) is 2. The van der Waals surface area contributed by atoms with Gasteiger partial charge in [0, 0.05) is 0 Å². The largest absolute Gasteiger partial charge is 0.379 e. The standard InChI is InChI=1S/C16H8Br2Cl2N2O6S2/c17-13-5-11(7-21-15(13)19)29(23,24)27-9-1-2-10(4-3-9)28-30(25,26)12-6-14(18)16(20)22-8-12/h1-8H. The van der Waals surface area contributed by atoms with Gasteiger partial charge in [0.15, 0.2) is 0 Å². The Labute approximate surface area is 198 Å². The van der Waals surface area contributed by atoms with E-state index in [1.165, 1.54) is 36.4 Å². The first kappa shape index (κ1) is 23.2. The van der Waals surface area contributed by atoms with Gasteiger partial charge in [0.25, 0.3) is 0 Å². The molecule has 1 aromatic carbocycles. The van der Waals surface area contributed by atoms with Gasteiger partial charge in [-0.2, -0.15) is 16.8 Å². The van der Waals surface area contributed by atoms with Crippen LogP contribution in [0.1, 0.15) is 0 Å². The van der Waals surface area contributed by atoms with Gasteiger partial charge in [-0.1, -0.05) is 23.2 Å². The summed E-state index contributed by atoms with van der Waals surface area (Å²) in [5, 5.41) is 0.194. The molecule has 0 saturated heterocycles. The molecular weight excluding hydrogens is 611 g/mol. The third-order valence-corrected chi connectivity index (χ3v) is 8.05. The molecule has 0 spiro atoms. The molecule has 0 radical (unpaired) electrons. The van der Waals surface area contributed by atoms with Gasteiger partial charge < -0.3 is 8.37 Å². The number of rotatable bonds is 6. The molecule has 30 heavy (non-hydrogen) atoms. The number of pyridine rings is 2.